The number of amides is 1. The predicted molar refractivity (Wildman–Crippen MR) is 70.4 cm³/mol. The van der Waals surface area contributed by atoms with Crippen LogP contribution in [0.15, 0.2) is 0 Å². The van der Waals surface area contributed by atoms with E-state index in [0.29, 0.717) is 31.2 Å². The molecule has 4 heteroatoms. The minimum absolute atomic E-state index is 0.0589. The van der Waals surface area contributed by atoms with E-state index < -0.39 is 5.60 Å². The molecule has 0 N–H and O–H groups in total. The summed E-state index contributed by atoms with van der Waals surface area (Å²) in [4.78, 5) is 25.1. The first-order chi connectivity index (χ1) is 8.24. The molecule has 0 aliphatic carbocycles. The Kier molecular flexibility index (Phi) is 4.77. The van der Waals surface area contributed by atoms with Crippen LogP contribution in [0.25, 0.3) is 0 Å². The second-order valence-corrected chi connectivity index (χ2v) is 6.15. The fraction of sp³-hybridized carbons (Fsp3) is 0.857. The van der Waals surface area contributed by atoms with Crippen molar-refractivity contribution in [2.24, 2.45) is 11.8 Å². The molecule has 0 saturated carbocycles. The van der Waals surface area contributed by atoms with E-state index in [1.807, 2.05) is 34.6 Å². The zero-order chi connectivity index (χ0) is 13.9. The zero-order valence-electron chi connectivity index (χ0n) is 12.2. The highest BCUT2D eigenvalue weighted by atomic mass is 16.6. The van der Waals surface area contributed by atoms with Crippen molar-refractivity contribution >= 4 is 11.9 Å². The first-order valence-electron chi connectivity index (χ1n) is 6.75. The van der Waals surface area contributed by atoms with Gasteiger partial charge in [0.1, 0.15) is 11.4 Å². The molecule has 0 aromatic carbocycles. The molecule has 0 aromatic rings. The lowest BCUT2D eigenvalue weighted by atomic mass is 9.83. The van der Waals surface area contributed by atoms with Crippen molar-refractivity contribution in [3.05, 3.63) is 0 Å². The average molecular weight is 255 g/mol. The zero-order valence-corrected chi connectivity index (χ0v) is 12.2. The van der Waals surface area contributed by atoms with E-state index >= 15 is 0 Å². The molecule has 1 unspecified atom stereocenters. The maximum atomic E-state index is 11.7. The summed E-state index contributed by atoms with van der Waals surface area (Å²) in [6.07, 6.45) is 1.27. The van der Waals surface area contributed by atoms with Crippen LogP contribution in [-0.4, -0.2) is 35.5 Å². The first kappa shape index (κ1) is 15.0. The highest BCUT2D eigenvalue weighted by Gasteiger charge is 2.38. The molecule has 0 spiro atoms. The number of likely N-dealkylation sites (tertiary alicyclic amines) is 1. The van der Waals surface area contributed by atoms with Crippen LogP contribution < -0.4 is 0 Å². The van der Waals surface area contributed by atoms with Gasteiger partial charge in [0.2, 0.25) is 0 Å². The van der Waals surface area contributed by atoms with Gasteiger partial charge in [0.05, 0.1) is 0 Å². The summed E-state index contributed by atoms with van der Waals surface area (Å²) >= 11 is 0. The van der Waals surface area contributed by atoms with Crippen LogP contribution in [0.4, 0.5) is 4.79 Å². The number of carbonyl (C=O) groups is 2. The summed E-state index contributed by atoms with van der Waals surface area (Å²) in [5.74, 6) is 0.673. The third-order valence-corrected chi connectivity index (χ3v) is 3.27. The van der Waals surface area contributed by atoms with Crippen LogP contribution in [-0.2, 0) is 9.53 Å². The second kappa shape index (κ2) is 5.72. The molecule has 18 heavy (non-hydrogen) atoms. The molecule has 1 fully saturated rings. The number of carbonyl (C=O) groups excluding carboxylic acids is 2. The largest absolute Gasteiger partial charge is 0.444 e. The van der Waals surface area contributed by atoms with Gasteiger partial charge >= 0.3 is 6.09 Å². The Balaban J connectivity index is 2.35. The molecular weight excluding hydrogens is 230 g/mol. The summed E-state index contributed by atoms with van der Waals surface area (Å²) in [5.41, 5.74) is -0.453. The lowest BCUT2D eigenvalue weighted by Crippen LogP contribution is -2.54. The number of Topliss-reactive ketones (excluding diaryl/α,β-unsaturated/α-hetero) is 1. The van der Waals surface area contributed by atoms with Crippen LogP contribution in [0.3, 0.4) is 0 Å². The van der Waals surface area contributed by atoms with E-state index in [0.717, 1.165) is 6.42 Å². The third-order valence-electron chi connectivity index (χ3n) is 3.27. The summed E-state index contributed by atoms with van der Waals surface area (Å²) in [7, 11) is 0. The van der Waals surface area contributed by atoms with Gasteiger partial charge in [-0.2, -0.15) is 0 Å². The predicted octanol–water partition coefficient (Wildman–Crippen LogP) is 2.86. The fourth-order valence-electron chi connectivity index (χ4n) is 2.04. The maximum absolute atomic E-state index is 11.7. The topological polar surface area (TPSA) is 46.6 Å². The number of hydrogen-bond donors (Lipinski definition) is 0. The van der Waals surface area contributed by atoms with Gasteiger partial charge in [0.25, 0.3) is 0 Å². The Labute approximate surface area is 110 Å². The molecule has 1 aliphatic heterocycles. The van der Waals surface area contributed by atoms with Crippen molar-refractivity contribution in [2.75, 3.05) is 13.1 Å². The van der Waals surface area contributed by atoms with Crippen LogP contribution >= 0.6 is 0 Å². The molecule has 1 amide bonds. The summed E-state index contributed by atoms with van der Waals surface area (Å²) in [6.45, 7) is 10.8. The highest BCUT2D eigenvalue weighted by molar-refractivity contribution is 5.81. The van der Waals surface area contributed by atoms with Gasteiger partial charge in [-0.05, 0) is 27.2 Å². The average Bonchev–Trinajstić information content (AvgIpc) is 2.12. The van der Waals surface area contributed by atoms with Gasteiger partial charge < -0.3 is 9.64 Å². The van der Waals surface area contributed by atoms with Crippen LogP contribution in [0, 0.1) is 11.8 Å². The normalized spacial score (nSPS) is 18.2. The third kappa shape index (κ3) is 4.00. The van der Waals surface area contributed by atoms with Crippen molar-refractivity contribution in [3.8, 4) is 0 Å². The number of rotatable bonds is 4. The van der Waals surface area contributed by atoms with Gasteiger partial charge in [0.15, 0.2) is 0 Å². The van der Waals surface area contributed by atoms with Gasteiger partial charge in [-0.15, -0.1) is 0 Å². The van der Waals surface area contributed by atoms with Crippen molar-refractivity contribution in [1.82, 2.24) is 4.90 Å². The SMILES string of the molecule is CCCC(=O)C(C)C1CN(C(=O)OC(C)(C)C)C1. The van der Waals surface area contributed by atoms with E-state index in [1.54, 1.807) is 4.90 Å². The molecule has 0 aromatic heterocycles. The van der Waals surface area contributed by atoms with E-state index in [1.165, 1.54) is 0 Å². The number of ketones is 1. The van der Waals surface area contributed by atoms with Crippen LogP contribution in [0.1, 0.15) is 47.5 Å². The Hall–Kier alpha value is -1.06. The minimum atomic E-state index is -0.453. The van der Waals surface area contributed by atoms with Crippen LogP contribution in [0.5, 0.6) is 0 Å². The summed E-state index contributed by atoms with van der Waals surface area (Å²) in [6, 6.07) is 0. The Morgan fingerprint density at radius 1 is 1.33 bits per heavy atom. The van der Waals surface area contributed by atoms with Crippen molar-refractivity contribution in [2.45, 2.75) is 53.1 Å². The molecule has 0 bridgehead atoms. The van der Waals surface area contributed by atoms with Crippen molar-refractivity contribution in [1.29, 1.82) is 0 Å². The highest BCUT2D eigenvalue weighted by Crippen LogP contribution is 2.27. The monoisotopic (exact) mass is 255 g/mol. The lowest BCUT2D eigenvalue weighted by molar-refractivity contribution is -0.126. The molecular formula is C14H25NO3. The van der Waals surface area contributed by atoms with Gasteiger partial charge in [-0.1, -0.05) is 13.8 Å². The molecule has 104 valence electrons. The fourth-order valence-corrected chi connectivity index (χ4v) is 2.04. The summed E-state index contributed by atoms with van der Waals surface area (Å²) in [5, 5.41) is 0. The maximum Gasteiger partial charge on any atom is 0.410 e. The Morgan fingerprint density at radius 2 is 1.89 bits per heavy atom. The second-order valence-electron chi connectivity index (χ2n) is 6.15. The first-order valence-corrected chi connectivity index (χ1v) is 6.75. The van der Waals surface area contributed by atoms with Crippen molar-refractivity contribution < 1.29 is 14.3 Å². The quantitative estimate of drug-likeness (QED) is 0.776. The van der Waals surface area contributed by atoms with Gasteiger partial charge in [-0.25, -0.2) is 4.79 Å². The lowest BCUT2D eigenvalue weighted by Gasteiger charge is -2.42. The number of nitrogens with zero attached hydrogens (tertiary/aromatic N) is 1. The van der Waals surface area contributed by atoms with E-state index in [-0.39, 0.29) is 12.0 Å². The Morgan fingerprint density at radius 3 is 2.33 bits per heavy atom. The molecule has 1 aliphatic rings. The van der Waals surface area contributed by atoms with E-state index in [2.05, 4.69) is 0 Å². The molecule has 1 rings (SSSR count). The van der Waals surface area contributed by atoms with Crippen LogP contribution in [0.2, 0.25) is 0 Å². The standard InChI is InChI=1S/C14H25NO3/c1-6-7-12(16)10(2)11-8-15(9-11)13(17)18-14(3,4)5/h10-11H,6-9H2,1-5H3. The van der Waals surface area contributed by atoms with E-state index in [9.17, 15) is 9.59 Å². The molecule has 0 radical (unpaired) electrons. The van der Waals surface area contributed by atoms with Crippen molar-refractivity contribution in [3.63, 3.8) is 0 Å². The minimum Gasteiger partial charge on any atom is -0.444 e. The smallest absolute Gasteiger partial charge is 0.410 e. The molecule has 4 nitrogen and oxygen atoms in total. The van der Waals surface area contributed by atoms with Gasteiger partial charge in [0, 0.05) is 31.3 Å². The van der Waals surface area contributed by atoms with E-state index in [4.69, 9.17) is 4.74 Å². The number of ether oxygens (including phenoxy) is 1. The van der Waals surface area contributed by atoms with Gasteiger partial charge in [-0.3, -0.25) is 4.79 Å². The Bertz CT molecular complexity index is 313. The molecule has 1 saturated heterocycles. The number of hydrogen-bond acceptors (Lipinski definition) is 3. The summed E-state index contributed by atoms with van der Waals surface area (Å²) < 4.78 is 5.28. The molecule has 1 atom stereocenters. The molecule has 1 heterocycles.